The minimum Gasteiger partial charge on any atom is -0.469 e. The van der Waals surface area contributed by atoms with Crippen LogP contribution in [0.15, 0.2) is 22.8 Å². The SMILES string of the molecule is CCS(=O)(=O)NCCc1ccco1. The molecule has 0 radical (unpaired) electrons. The van der Waals surface area contributed by atoms with E-state index in [9.17, 15) is 8.42 Å². The summed E-state index contributed by atoms with van der Waals surface area (Å²) in [4.78, 5) is 0. The van der Waals surface area contributed by atoms with E-state index in [1.54, 1.807) is 19.3 Å². The van der Waals surface area contributed by atoms with Gasteiger partial charge in [-0.2, -0.15) is 0 Å². The Balaban J connectivity index is 2.30. The molecule has 1 aromatic heterocycles. The standard InChI is InChI=1S/C8H13NO3S/c1-2-13(10,11)9-6-5-8-4-3-7-12-8/h3-4,7,9H,2,5-6H2,1H3. The summed E-state index contributed by atoms with van der Waals surface area (Å²) >= 11 is 0. The fraction of sp³-hybridized carbons (Fsp3) is 0.500. The Morgan fingerprint density at radius 3 is 2.85 bits per heavy atom. The second kappa shape index (κ2) is 4.43. The van der Waals surface area contributed by atoms with Crippen molar-refractivity contribution in [2.45, 2.75) is 13.3 Å². The molecule has 1 N–H and O–H groups in total. The highest BCUT2D eigenvalue weighted by atomic mass is 32.2. The van der Waals surface area contributed by atoms with Crippen LogP contribution >= 0.6 is 0 Å². The van der Waals surface area contributed by atoms with Crippen LogP contribution in [0.3, 0.4) is 0 Å². The first-order valence-electron chi connectivity index (χ1n) is 4.14. The van der Waals surface area contributed by atoms with E-state index in [0.717, 1.165) is 5.76 Å². The van der Waals surface area contributed by atoms with Crippen LogP contribution in [0.4, 0.5) is 0 Å². The van der Waals surface area contributed by atoms with Crippen LogP contribution in [0.25, 0.3) is 0 Å². The van der Waals surface area contributed by atoms with Crippen molar-refractivity contribution in [1.29, 1.82) is 0 Å². The molecule has 0 saturated carbocycles. The molecule has 1 aromatic rings. The first-order chi connectivity index (χ1) is 6.14. The van der Waals surface area contributed by atoms with Gasteiger partial charge in [0, 0.05) is 13.0 Å². The van der Waals surface area contributed by atoms with Gasteiger partial charge in [-0.1, -0.05) is 0 Å². The highest BCUT2D eigenvalue weighted by Gasteiger charge is 2.05. The fourth-order valence-corrected chi connectivity index (χ4v) is 1.50. The van der Waals surface area contributed by atoms with Gasteiger partial charge in [0.15, 0.2) is 0 Å². The lowest BCUT2D eigenvalue weighted by Crippen LogP contribution is -2.27. The molecule has 0 atom stereocenters. The largest absolute Gasteiger partial charge is 0.469 e. The van der Waals surface area contributed by atoms with Crippen LogP contribution in [-0.2, 0) is 16.4 Å². The Morgan fingerprint density at radius 1 is 1.54 bits per heavy atom. The first-order valence-corrected chi connectivity index (χ1v) is 5.79. The van der Waals surface area contributed by atoms with Crippen LogP contribution in [0.5, 0.6) is 0 Å². The highest BCUT2D eigenvalue weighted by molar-refractivity contribution is 7.89. The molecule has 0 aliphatic heterocycles. The zero-order valence-electron chi connectivity index (χ0n) is 7.49. The van der Waals surface area contributed by atoms with Gasteiger partial charge in [0.25, 0.3) is 0 Å². The molecule has 13 heavy (non-hydrogen) atoms. The normalized spacial score (nSPS) is 11.8. The number of rotatable bonds is 5. The summed E-state index contributed by atoms with van der Waals surface area (Å²) in [6, 6.07) is 3.60. The Hall–Kier alpha value is -0.810. The molecule has 0 aromatic carbocycles. The lowest BCUT2D eigenvalue weighted by Gasteiger charge is -2.01. The molecule has 1 rings (SSSR count). The van der Waals surface area contributed by atoms with E-state index in [1.165, 1.54) is 0 Å². The third-order valence-corrected chi connectivity index (χ3v) is 3.06. The van der Waals surface area contributed by atoms with Crippen molar-refractivity contribution >= 4 is 10.0 Å². The van der Waals surface area contributed by atoms with Gasteiger partial charge in [-0.25, -0.2) is 13.1 Å². The summed E-state index contributed by atoms with van der Waals surface area (Å²) in [7, 11) is -3.06. The Kier molecular flexibility index (Phi) is 3.50. The van der Waals surface area contributed by atoms with Crippen molar-refractivity contribution in [3.8, 4) is 0 Å². The Bertz CT molecular complexity index is 328. The van der Waals surface area contributed by atoms with Gasteiger partial charge in [0.1, 0.15) is 5.76 Å². The van der Waals surface area contributed by atoms with Crippen molar-refractivity contribution in [3.05, 3.63) is 24.2 Å². The second-order valence-corrected chi connectivity index (χ2v) is 4.72. The Labute approximate surface area is 78.0 Å². The average molecular weight is 203 g/mol. The third kappa shape index (κ3) is 3.61. The summed E-state index contributed by atoms with van der Waals surface area (Å²) < 4.78 is 29.5. The number of hydrogen-bond donors (Lipinski definition) is 1. The maximum Gasteiger partial charge on any atom is 0.211 e. The number of sulfonamides is 1. The van der Waals surface area contributed by atoms with Crippen molar-refractivity contribution in [2.24, 2.45) is 0 Å². The highest BCUT2D eigenvalue weighted by Crippen LogP contribution is 1.99. The topological polar surface area (TPSA) is 59.3 Å². The number of nitrogens with one attached hydrogen (secondary N) is 1. The second-order valence-electron chi connectivity index (χ2n) is 2.63. The molecule has 0 amide bonds. The average Bonchev–Trinajstić information content (AvgIpc) is 2.57. The molecule has 0 aliphatic carbocycles. The van der Waals surface area contributed by atoms with E-state index in [4.69, 9.17) is 4.42 Å². The van der Waals surface area contributed by atoms with Crippen LogP contribution < -0.4 is 4.72 Å². The Morgan fingerprint density at radius 2 is 2.31 bits per heavy atom. The van der Waals surface area contributed by atoms with Crippen molar-refractivity contribution in [2.75, 3.05) is 12.3 Å². The maximum absolute atomic E-state index is 11.0. The number of furan rings is 1. The van der Waals surface area contributed by atoms with E-state index in [2.05, 4.69) is 4.72 Å². The van der Waals surface area contributed by atoms with Gasteiger partial charge in [-0.05, 0) is 19.1 Å². The summed E-state index contributed by atoms with van der Waals surface area (Å²) in [5.41, 5.74) is 0. The van der Waals surface area contributed by atoms with Gasteiger partial charge < -0.3 is 4.42 Å². The third-order valence-electron chi connectivity index (χ3n) is 1.65. The molecule has 0 spiro atoms. The minimum absolute atomic E-state index is 0.116. The molecule has 4 nitrogen and oxygen atoms in total. The summed E-state index contributed by atoms with van der Waals surface area (Å²) in [6.07, 6.45) is 2.16. The van der Waals surface area contributed by atoms with Gasteiger partial charge in [0.05, 0.1) is 12.0 Å². The first kappa shape index (κ1) is 10.3. The fourth-order valence-electron chi connectivity index (χ4n) is 0.887. The molecule has 0 fully saturated rings. The van der Waals surface area contributed by atoms with Crippen LogP contribution in [-0.4, -0.2) is 20.7 Å². The predicted octanol–water partition coefficient (Wildman–Crippen LogP) is 0.761. The monoisotopic (exact) mass is 203 g/mol. The molecule has 74 valence electrons. The molecule has 0 unspecified atom stereocenters. The van der Waals surface area contributed by atoms with E-state index in [0.29, 0.717) is 13.0 Å². The smallest absolute Gasteiger partial charge is 0.211 e. The molecule has 0 aliphatic rings. The van der Waals surface area contributed by atoms with Crippen molar-refractivity contribution < 1.29 is 12.8 Å². The zero-order chi connectivity index (χ0) is 9.73. The molecule has 0 bridgehead atoms. The van der Waals surface area contributed by atoms with Crippen LogP contribution in [0, 0.1) is 0 Å². The minimum atomic E-state index is -3.06. The van der Waals surface area contributed by atoms with E-state index >= 15 is 0 Å². The van der Waals surface area contributed by atoms with Crippen LogP contribution in [0.1, 0.15) is 12.7 Å². The van der Waals surface area contributed by atoms with Crippen LogP contribution in [0.2, 0.25) is 0 Å². The van der Waals surface area contributed by atoms with Gasteiger partial charge in [-0.15, -0.1) is 0 Å². The molecular weight excluding hydrogens is 190 g/mol. The van der Waals surface area contributed by atoms with Crippen molar-refractivity contribution in [3.63, 3.8) is 0 Å². The van der Waals surface area contributed by atoms with E-state index in [-0.39, 0.29) is 5.75 Å². The molecule has 1 heterocycles. The van der Waals surface area contributed by atoms with Gasteiger partial charge in [0.2, 0.25) is 10.0 Å². The maximum atomic E-state index is 11.0. The lowest BCUT2D eigenvalue weighted by molar-refractivity contribution is 0.506. The van der Waals surface area contributed by atoms with Crippen molar-refractivity contribution in [1.82, 2.24) is 4.72 Å². The molecule has 5 heteroatoms. The quantitative estimate of drug-likeness (QED) is 0.768. The van der Waals surface area contributed by atoms with Gasteiger partial charge >= 0.3 is 0 Å². The summed E-state index contributed by atoms with van der Waals surface area (Å²) in [6.45, 7) is 2.00. The van der Waals surface area contributed by atoms with Gasteiger partial charge in [-0.3, -0.25) is 0 Å². The van der Waals surface area contributed by atoms with E-state index < -0.39 is 10.0 Å². The predicted molar refractivity (Wildman–Crippen MR) is 49.9 cm³/mol. The summed E-state index contributed by atoms with van der Waals surface area (Å²) in [5.74, 6) is 0.907. The summed E-state index contributed by atoms with van der Waals surface area (Å²) in [5, 5.41) is 0. The zero-order valence-corrected chi connectivity index (χ0v) is 8.30. The number of hydrogen-bond acceptors (Lipinski definition) is 3. The lowest BCUT2D eigenvalue weighted by atomic mass is 10.3. The van der Waals surface area contributed by atoms with E-state index in [1.807, 2.05) is 6.07 Å². The molecular formula is C8H13NO3S. The molecule has 0 saturated heterocycles.